The molecule has 4 nitrogen and oxygen atoms in total. The Balaban J connectivity index is 1.74. The zero-order chi connectivity index (χ0) is 12.1. The van der Waals surface area contributed by atoms with Crippen molar-refractivity contribution in [3.8, 4) is 0 Å². The van der Waals surface area contributed by atoms with Crippen molar-refractivity contribution in [1.29, 1.82) is 0 Å². The Labute approximate surface area is 101 Å². The highest BCUT2D eigenvalue weighted by Crippen LogP contribution is 2.10. The molecule has 1 aromatic rings. The van der Waals surface area contributed by atoms with E-state index in [0.29, 0.717) is 12.3 Å². The molecule has 0 spiro atoms. The molecule has 1 aliphatic rings. The van der Waals surface area contributed by atoms with Gasteiger partial charge >= 0.3 is 0 Å². The van der Waals surface area contributed by atoms with Gasteiger partial charge in [-0.25, -0.2) is 0 Å². The van der Waals surface area contributed by atoms with Crippen LogP contribution < -0.4 is 5.32 Å². The largest absolute Gasteiger partial charge is 0.462 e. The van der Waals surface area contributed by atoms with Crippen LogP contribution in [0.3, 0.4) is 0 Å². The van der Waals surface area contributed by atoms with Crippen LogP contribution in [0.1, 0.15) is 24.4 Å². The van der Waals surface area contributed by atoms with E-state index in [2.05, 4.69) is 5.32 Å². The van der Waals surface area contributed by atoms with Crippen LogP contribution in [0.4, 0.5) is 0 Å². The van der Waals surface area contributed by atoms with Gasteiger partial charge in [0.05, 0.1) is 6.10 Å². The molecule has 1 unspecified atom stereocenters. The lowest BCUT2D eigenvalue weighted by Crippen LogP contribution is -2.30. The Morgan fingerprint density at radius 3 is 3.12 bits per heavy atom. The molecule has 4 heteroatoms. The van der Waals surface area contributed by atoms with Crippen molar-refractivity contribution in [1.82, 2.24) is 5.32 Å². The minimum atomic E-state index is -0.116. The first-order chi connectivity index (χ1) is 8.24. The summed E-state index contributed by atoms with van der Waals surface area (Å²) < 4.78 is 10.7. The summed E-state index contributed by atoms with van der Waals surface area (Å²) >= 11 is 0. The average Bonchev–Trinajstić information content (AvgIpc) is 2.95. The maximum absolute atomic E-state index is 11.5. The van der Waals surface area contributed by atoms with Crippen molar-refractivity contribution in [3.63, 3.8) is 0 Å². The van der Waals surface area contributed by atoms with Gasteiger partial charge in [-0.3, -0.25) is 4.79 Å². The maximum atomic E-state index is 11.5. The van der Waals surface area contributed by atoms with Crippen LogP contribution in [0.2, 0.25) is 0 Å². The minimum Gasteiger partial charge on any atom is -0.462 e. The number of carbonyl (C=O) groups is 1. The molecule has 1 aliphatic heterocycles. The summed E-state index contributed by atoms with van der Waals surface area (Å²) in [6.45, 7) is 3.26. The number of carbonyl (C=O) groups excluding carboxylic acids is 1. The first-order valence-corrected chi connectivity index (χ1v) is 5.88. The summed E-state index contributed by atoms with van der Waals surface area (Å²) in [5.41, 5.74) is 0. The summed E-state index contributed by atoms with van der Waals surface area (Å²) in [5.74, 6) is 1.41. The van der Waals surface area contributed by atoms with Gasteiger partial charge in [0.2, 0.25) is 5.91 Å². The van der Waals surface area contributed by atoms with Gasteiger partial charge in [-0.1, -0.05) is 0 Å². The van der Waals surface area contributed by atoms with E-state index in [1.54, 1.807) is 6.08 Å². The number of aryl methyl sites for hydroxylation is 1. The predicted octanol–water partition coefficient (Wildman–Crippen LogP) is 1.90. The first-order valence-electron chi connectivity index (χ1n) is 5.88. The predicted molar refractivity (Wildman–Crippen MR) is 64.5 cm³/mol. The van der Waals surface area contributed by atoms with Crippen LogP contribution in [-0.2, 0) is 9.53 Å². The zero-order valence-electron chi connectivity index (χ0n) is 9.94. The number of hydrogen-bond donors (Lipinski definition) is 1. The molecule has 0 bridgehead atoms. The number of amides is 1. The number of hydrogen-bond acceptors (Lipinski definition) is 3. The van der Waals surface area contributed by atoms with Crippen LogP contribution >= 0.6 is 0 Å². The van der Waals surface area contributed by atoms with E-state index in [1.165, 1.54) is 6.08 Å². The van der Waals surface area contributed by atoms with E-state index in [4.69, 9.17) is 9.15 Å². The third-order valence-corrected chi connectivity index (χ3v) is 2.69. The van der Waals surface area contributed by atoms with E-state index in [0.717, 1.165) is 25.2 Å². The van der Waals surface area contributed by atoms with Crippen molar-refractivity contribution in [2.24, 2.45) is 0 Å². The van der Waals surface area contributed by atoms with Crippen molar-refractivity contribution in [2.45, 2.75) is 25.9 Å². The first kappa shape index (κ1) is 11.9. The highest BCUT2D eigenvalue weighted by atomic mass is 16.5. The SMILES string of the molecule is Cc1ccc(/C=C/C(=O)NCC2CCCO2)o1. The van der Waals surface area contributed by atoms with Gasteiger partial charge in [-0.2, -0.15) is 0 Å². The van der Waals surface area contributed by atoms with Crippen LogP contribution in [-0.4, -0.2) is 25.2 Å². The average molecular weight is 235 g/mol. The molecule has 2 rings (SSSR count). The fourth-order valence-corrected chi connectivity index (χ4v) is 1.78. The molecule has 0 radical (unpaired) electrons. The Kier molecular flexibility index (Phi) is 3.98. The number of ether oxygens (including phenoxy) is 1. The summed E-state index contributed by atoms with van der Waals surface area (Å²) in [6.07, 6.45) is 5.44. The van der Waals surface area contributed by atoms with Crippen LogP contribution in [0.5, 0.6) is 0 Å². The molecule has 1 amide bonds. The van der Waals surface area contributed by atoms with Crippen LogP contribution in [0, 0.1) is 6.92 Å². The lowest BCUT2D eigenvalue weighted by atomic mass is 10.2. The molecular formula is C13H17NO3. The van der Waals surface area contributed by atoms with Crippen molar-refractivity contribution >= 4 is 12.0 Å². The molecule has 0 aromatic carbocycles. The summed E-state index contributed by atoms with van der Waals surface area (Å²) in [5, 5.41) is 2.81. The van der Waals surface area contributed by atoms with E-state index < -0.39 is 0 Å². The molecule has 1 atom stereocenters. The number of furan rings is 1. The fraction of sp³-hybridized carbons (Fsp3) is 0.462. The molecule has 1 N–H and O–H groups in total. The van der Waals surface area contributed by atoms with Gasteiger partial charge in [0.1, 0.15) is 11.5 Å². The van der Waals surface area contributed by atoms with Gasteiger partial charge < -0.3 is 14.5 Å². The second kappa shape index (κ2) is 5.68. The van der Waals surface area contributed by atoms with E-state index in [-0.39, 0.29) is 12.0 Å². The van der Waals surface area contributed by atoms with E-state index in [1.807, 2.05) is 19.1 Å². The normalized spacial score (nSPS) is 19.9. The van der Waals surface area contributed by atoms with Crippen molar-refractivity contribution in [3.05, 3.63) is 29.7 Å². The van der Waals surface area contributed by atoms with E-state index >= 15 is 0 Å². The molecule has 2 heterocycles. The van der Waals surface area contributed by atoms with Crippen LogP contribution in [0.25, 0.3) is 6.08 Å². The van der Waals surface area contributed by atoms with E-state index in [9.17, 15) is 4.79 Å². The van der Waals surface area contributed by atoms with Gasteiger partial charge in [0.25, 0.3) is 0 Å². The summed E-state index contributed by atoms with van der Waals surface area (Å²) in [4.78, 5) is 11.5. The molecule has 0 aliphatic carbocycles. The summed E-state index contributed by atoms with van der Waals surface area (Å²) in [7, 11) is 0. The second-order valence-corrected chi connectivity index (χ2v) is 4.16. The van der Waals surface area contributed by atoms with Gasteiger partial charge in [0, 0.05) is 19.2 Å². The molecule has 0 saturated carbocycles. The Morgan fingerprint density at radius 2 is 2.47 bits per heavy atom. The third kappa shape index (κ3) is 3.75. The van der Waals surface area contributed by atoms with Gasteiger partial charge in [-0.05, 0) is 38.0 Å². The Hall–Kier alpha value is -1.55. The molecule has 1 aromatic heterocycles. The minimum absolute atomic E-state index is 0.116. The number of nitrogens with one attached hydrogen (secondary N) is 1. The molecule has 92 valence electrons. The van der Waals surface area contributed by atoms with Gasteiger partial charge in [0.15, 0.2) is 0 Å². The lowest BCUT2D eigenvalue weighted by molar-refractivity contribution is -0.116. The standard InChI is InChI=1S/C13H17NO3/c1-10-4-5-11(17-10)6-7-13(15)14-9-12-3-2-8-16-12/h4-7,12H,2-3,8-9H2,1H3,(H,14,15)/b7-6+. The second-order valence-electron chi connectivity index (χ2n) is 4.16. The number of rotatable bonds is 4. The fourth-order valence-electron chi connectivity index (χ4n) is 1.78. The highest BCUT2D eigenvalue weighted by Gasteiger charge is 2.15. The third-order valence-electron chi connectivity index (χ3n) is 2.69. The highest BCUT2D eigenvalue weighted by molar-refractivity contribution is 5.91. The van der Waals surface area contributed by atoms with Crippen molar-refractivity contribution < 1.29 is 13.9 Å². The quantitative estimate of drug-likeness (QED) is 0.811. The van der Waals surface area contributed by atoms with Crippen LogP contribution in [0.15, 0.2) is 22.6 Å². The van der Waals surface area contributed by atoms with Gasteiger partial charge in [-0.15, -0.1) is 0 Å². The molecule has 1 fully saturated rings. The molecule has 17 heavy (non-hydrogen) atoms. The molecular weight excluding hydrogens is 218 g/mol. The maximum Gasteiger partial charge on any atom is 0.244 e. The monoisotopic (exact) mass is 235 g/mol. The molecule has 1 saturated heterocycles. The summed E-state index contributed by atoms with van der Waals surface area (Å²) in [6, 6.07) is 3.70. The Bertz CT molecular complexity index is 403. The smallest absolute Gasteiger partial charge is 0.244 e. The van der Waals surface area contributed by atoms with Crippen molar-refractivity contribution in [2.75, 3.05) is 13.2 Å². The zero-order valence-corrected chi connectivity index (χ0v) is 9.94. The topological polar surface area (TPSA) is 51.5 Å². The lowest BCUT2D eigenvalue weighted by Gasteiger charge is -2.08. The Morgan fingerprint density at radius 1 is 1.59 bits per heavy atom.